The molecule has 1 aromatic rings. The molecule has 0 aromatic heterocycles. The highest BCUT2D eigenvalue weighted by Crippen LogP contribution is 2.26. The van der Waals surface area contributed by atoms with Crippen LogP contribution in [-0.2, 0) is 11.3 Å². The zero-order chi connectivity index (χ0) is 15.9. The van der Waals surface area contributed by atoms with Gasteiger partial charge < -0.3 is 15.4 Å². The van der Waals surface area contributed by atoms with Crippen molar-refractivity contribution < 1.29 is 9.53 Å². The van der Waals surface area contributed by atoms with E-state index in [2.05, 4.69) is 15.5 Å². The first-order chi connectivity index (χ1) is 11.3. The van der Waals surface area contributed by atoms with Crippen molar-refractivity contribution in [2.24, 2.45) is 0 Å². The smallest absolute Gasteiger partial charge is 0.315 e. The lowest BCUT2D eigenvalue weighted by atomic mass is 9.99. The van der Waals surface area contributed by atoms with Crippen molar-refractivity contribution in [2.75, 3.05) is 26.2 Å². The number of carbonyl (C=O) groups excluding carboxylic acids is 1. The maximum absolute atomic E-state index is 12.0. The Bertz CT molecular complexity index is 494. The van der Waals surface area contributed by atoms with Crippen LogP contribution >= 0.6 is 0 Å². The van der Waals surface area contributed by atoms with Gasteiger partial charge in [-0.15, -0.1) is 0 Å². The minimum atomic E-state index is -0.0641. The van der Waals surface area contributed by atoms with Crippen LogP contribution in [0.2, 0.25) is 0 Å². The SMILES string of the molecule is O=C(NCCOCc1ccccc1)N[C@H]1CCN2CCCC[C@H]12. The van der Waals surface area contributed by atoms with E-state index < -0.39 is 0 Å². The number of ether oxygens (including phenoxy) is 1. The Morgan fingerprint density at radius 3 is 2.91 bits per heavy atom. The average Bonchev–Trinajstić information content (AvgIpc) is 2.99. The zero-order valence-electron chi connectivity index (χ0n) is 13.7. The quantitative estimate of drug-likeness (QED) is 0.790. The molecule has 2 atom stereocenters. The molecular weight excluding hydrogens is 290 g/mol. The molecule has 5 heteroatoms. The van der Waals surface area contributed by atoms with Gasteiger partial charge in [-0.1, -0.05) is 36.8 Å². The number of piperidine rings is 1. The van der Waals surface area contributed by atoms with Gasteiger partial charge in [0.25, 0.3) is 0 Å². The molecule has 2 amide bonds. The van der Waals surface area contributed by atoms with Gasteiger partial charge in [-0.05, 0) is 31.4 Å². The summed E-state index contributed by atoms with van der Waals surface area (Å²) in [6.45, 7) is 3.97. The lowest BCUT2D eigenvalue weighted by Crippen LogP contribution is -2.50. The number of nitrogens with one attached hydrogen (secondary N) is 2. The van der Waals surface area contributed by atoms with E-state index in [1.165, 1.54) is 25.8 Å². The van der Waals surface area contributed by atoms with Crippen LogP contribution in [0.4, 0.5) is 4.79 Å². The summed E-state index contributed by atoms with van der Waals surface area (Å²) < 4.78 is 5.58. The van der Waals surface area contributed by atoms with Gasteiger partial charge in [0.2, 0.25) is 0 Å². The highest BCUT2D eigenvalue weighted by Gasteiger charge is 2.36. The number of carbonyl (C=O) groups is 1. The third kappa shape index (κ3) is 4.69. The number of fused-ring (bicyclic) bond motifs is 1. The number of hydrogen-bond acceptors (Lipinski definition) is 3. The summed E-state index contributed by atoms with van der Waals surface area (Å²) in [6, 6.07) is 10.9. The summed E-state index contributed by atoms with van der Waals surface area (Å²) in [6.07, 6.45) is 4.87. The Labute approximate surface area is 138 Å². The number of rotatable bonds is 6. The van der Waals surface area contributed by atoms with Crippen LogP contribution in [0.3, 0.4) is 0 Å². The second-order valence-corrected chi connectivity index (χ2v) is 6.43. The molecular formula is C18H27N3O2. The molecule has 0 unspecified atom stereocenters. The topological polar surface area (TPSA) is 53.6 Å². The molecule has 1 aromatic carbocycles. The Balaban J connectivity index is 1.29. The Morgan fingerprint density at radius 2 is 2.04 bits per heavy atom. The fourth-order valence-electron chi connectivity index (χ4n) is 3.64. The molecule has 2 heterocycles. The van der Waals surface area contributed by atoms with Crippen molar-refractivity contribution in [3.8, 4) is 0 Å². The van der Waals surface area contributed by atoms with Gasteiger partial charge in [0.15, 0.2) is 0 Å². The van der Waals surface area contributed by atoms with Crippen molar-refractivity contribution in [1.29, 1.82) is 0 Å². The third-order valence-electron chi connectivity index (χ3n) is 4.82. The van der Waals surface area contributed by atoms with Crippen molar-refractivity contribution in [2.45, 2.75) is 44.4 Å². The largest absolute Gasteiger partial charge is 0.375 e. The van der Waals surface area contributed by atoms with Gasteiger partial charge in [0, 0.05) is 25.2 Å². The van der Waals surface area contributed by atoms with Crippen LogP contribution in [0.25, 0.3) is 0 Å². The van der Waals surface area contributed by atoms with Crippen LogP contribution in [0.15, 0.2) is 30.3 Å². The molecule has 3 rings (SSSR count). The van der Waals surface area contributed by atoms with E-state index in [1.807, 2.05) is 30.3 Å². The Kier molecular flexibility index (Phi) is 5.88. The second kappa shape index (κ2) is 8.31. The first-order valence-corrected chi connectivity index (χ1v) is 8.73. The monoisotopic (exact) mass is 317 g/mol. The highest BCUT2D eigenvalue weighted by molar-refractivity contribution is 5.74. The minimum Gasteiger partial charge on any atom is -0.375 e. The lowest BCUT2D eigenvalue weighted by Gasteiger charge is -2.32. The molecule has 126 valence electrons. The zero-order valence-corrected chi connectivity index (χ0v) is 13.7. The number of amides is 2. The summed E-state index contributed by atoms with van der Waals surface area (Å²) in [5, 5.41) is 6.04. The van der Waals surface area contributed by atoms with E-state index in [4.69, 9.17) is 4.74 Å². The molecule has 5 nitrogen and oxygen atoms in total. The standard InChI is InChI=1S/C18H27N3O2/c22-18(19-10-13-23-14-15-6-2-1-3-7-15)20-16-9-12-21-11-5-4-8-17(16)21/h1-3,6-7,16-17H,4-5,8-14H2,(H2,19,20,22)/t16-,17+/m0/s1. The molecule has 0 spiro atoms. The summed E-state index contributed by atoms with van der Waals surface area (Å²) in [5.41, 5.74) is 1.15. The number of hydrogen-bond donors (Lipinski definition) is 2. The molecule has 2 saturated heterocycles. The average molecular weight is 317 g/mol. The van der Waals surface area contributed by atoms with E-state index in [-0.39, 0.29) is 6.03 Å². The Hall–Kier alpha value is -1.59. The molecule has 2 fully saturated rings. The third-order valence-corrected chi connectivity index (χ3v) is 4.82. The maximum atomic E-state index is 12.0. The maximum Gasteiger partial charge on any atom is 0.315 e. The molecule has 2 aliphatic rings. The van der Waals surface area contributed by atoms with E-state index in [1.54, 1.807) is 0 Å². The number of nitrogens with zero attached hydrogens (tertiary/aromatic N) is 1. The van der Waals surface area contributed by atoms with Crippen molar-refractivity contribution in [3.63, 3.8) is 0 Å². The summed E-state index contributed by atoms with van der Waals surface area (Å²) in [5.74, 6) is 0. The fraction of sp³-hybridized carbons (Fsp3) is 0.611. The van der Waals surface area contributed by atoms with Crippen LogP contribution < -0.4 is 10.6 Å². The molecule has 23 heavy (non-hydrogen) atoms. The van der Waals surface area contributed by atoms with Gasteiger partial charge in [0.05, 0.1) is 13.2 Å². The molecule has 0 bridgehead atoms. The molecule has 2 N–H and O–H groups in total. The van der Waals surface area contributed by atoms with E-state index in [9.17, 15) is 4.79 Å². The van der Waals surface area contributed by atoms with Crippen LogP contribution in [0.5, 0.6) is 0 Å². The van der Waals surface area contributed by atoms with Crippen molar-refractivity contribution >= 4 is 6.03 Å². The van der Waals surface area contributed by atoms with Gasteiger partial charge in [0.1, 0.15) is 0 Å². The van der Waals surface area contributed by atoms with Gasteiger partial charge in [-0.2, -0.15) is 0 Å². The number of benzene rings is 1. The molecule has 0 saturated carbocycles. The predicted octanol–water partition coefficient (Wildman–Crippen LogP) is 2.13. The van der Waals surface area contributed by atoms with Crippen molar-refractivity contribution in [3.05, 3.63) is 35.9 Å². The first kappa shape index (κ1) is 16.3. The summed E-state index contributed by atoms with van der Waals surface area (Å²) in [4.78, 5) is 14.5. The van der Waals surface area contributed by atoms with Crippen LogP contribution in [0, 0.1) is 0 Å². The fourth-order valence-corrected chi connectivity index (χ4v) is 3.64. The lowest BCUT2D eigenvalue weighted by molar-refractivity contribution is 0.123. The van der Waals surface area contributed by atoms with E-state index in [0.717, 1.165) is 18.5 Å². The molecule has 2 aliphatic heterocycles. The van der Waals surface area contributed by atoms with Crippen LogP contribution in [-0.4, -0.2) is 49.3 Å². The van der Waals surface area contributed by atoms with E-state index >= 15 is 0 Å². The Morgan fingerprint density at radius 1 is 1.17 bits per heavy atom. The van der Waals surface area contributed by atoms with Gasteiger partial charge in [-0.3, -0.25) is 4.90 Å². The van der Waals surface area contributed by atoms with Crippen LogP contribution in [0.1, 0.15) is 31.2 Å². The van der Waals surface area contributed by atoms with Gasteiger partial charge in [-0.25, -0.2) is 4.79 Å². The second-order valence-electron chi connectivity index (χ2n) is 6.43. The van der Waals surface area contributed by atoms with E-state index in [0.29, 0.717) is 31.8 Å². The molecule has 0 aliphatic carbocycles. The summed E-state index contributed by atoms with van der Waals surface area (Å²) >= 11 is 0. The summed E-state index contributed by atoms with van der Waals surface area (Å²) in [7, 11) is 0. The number of urea groups is 1. The normalized spacial score (nSPS) is 24.2. The predicted molar refractivity (Wildman–Crippen MR) is 90.2 cm³/mol. The molecule has 0 radical (unpaired) electrons. The van der Waals surface area contributed by atoms with Gasteiger partial charge >= 0.3 is 6.03 Å². The minimum absolute atomic E-state index is 0.0641. The first-order valence-electron chi connectivity index (χ1n) is 8.73. The van der Waals surface area contributed by atoms with Crippen molar-refractivity contribution in [1.82, 2.24) is 15.5 Å². The highest BCUT2D eigenvalue weighted by atomic mass is 16.5.